The van der Waals surface area contributed by atoms with Gasteiger partial charge in [-0.3, -0.25) is 14.5 Å². The molecule has 7 nitrogen and oxygen atoms in total. The van der Waals surface area contributed by atoms with Crippen LogP contribution in [0.3, 0.4) is 0 Å². The lowest BCUT2D eigenvalue weighted by Gasteiger charge is -2.35. The lowest BCUT2D eigenvalue weighted by molar-refractivity contribution is -0.141. The highest BCUT2D eigenvalue weighted by Crippen LogP contribution is 2.28. The third kappa shape index (κ3) is 3.28. The van der Waals surface area contributed by atoms with Crippen molar-refractivity contribution in [2.75, 3.05) is 20.2 Å². The molecular weight excluding hydrogens is 344 g/mol. The van der Waals surface area contributed by atoms with Crippen molar-refractivity contribution in [1.29, 1.82) is 0 Å². The number of carbonyl (C=O) groups excluding carboxylic acids is 2. The summed E-state index contributed by atoms with van der Waals surface area (Å²) >= 11 is 0. The van der Waals surface area contributed by atoms with Crippen molar-refractivity contribution in [3.05, 3.63) is 23.8 Å². The molecule has 0 atom stereocenters. The minimum atomic E-state index is -3.59. The van der Waals surface area contributed by atoms with Gasteiger partial charge in [0.05, 0.1) is 12.0 Å². The van der Waals surface area contributed by atoms with Crippen LogP contribution in [0, 0.1) is 6.92 Å². The maximum absolute atomic E-state index is 12.8. The molecular formula is C17H22N2O5S. The molecule has 2 fully saturated rings. The zero-order chi connectivity index (χ0) is 18.2. The number of nitrogens with zero attached hydrogens (tertiary/aromatic N) is 2. The van der Waals surface area contributed by atoms with E-state index in [0.717, 1.165) is 5.56 Å². The summed E-state index contributed by atoms with van der Waals surface area (Å²) < 4.78 is 32.3. The van der Waals surface area contributed by atoms with Gasteiger partial charge in [0.15, 0.2) is 0 Å². The molecule has 1 aromatic rings. The molecule has 0 radical (unpaired) electrons. The second kappa shape index (κ2) is 6.76. The number of aryl methyl sites for hydroxylation is 1. The molecule has 25 heavy (non-hydrogen) atoms. The monoisotopic (exact) mass is 366 g/mol. The van der Waals surface area contributed by atoms with Gasteiger partial charge in [0.25, 0.3) is 0 Å². The lowest BCUT2D eigenvalue weighted by Crippen LogP contribution is -2.48. The molecule has 0 saturated carbocycles. The van der Waals surface area contributed by atoms with Crippen LogP contribution in [0.15, 0.2) is 23.1 Å². The number of benzene rings is 1. The molecule has 2 saturated heterocycles. The Kier molecular flexibility index (Phi) is 4.83. The molecule has 0 unspecified atom stereocenters. The molecule has 2 aliphatic rings. The van der Waals surface area contributed by atoms with Gasteiger partial charge in [0.2, 0.25) is 21.8 Å². The average molecular weight is 366 g/mol. The number of amides is 2. The van der Waals surface area contributed by atoms with Crippen molar-refractivity contribution in [3.8, 4) is 5.75 Å². The zero-order valence-corrected chi connectivity index (χ0v) is 15.2. The highest BCUT2D eigenvalue weighted by Gasteiger charge is 2.38. The fourth-order valence-corrected chi connectivity index (χ4v) is 5.06. The van der Waals surface area contributed by atoms with E-state index in [4.69, 9.17) is 4.74 Å². The summed E-state index contributed by atoms with van der Waals surface area (Å²) in [4.78, 5) is 25.3. The van der Waals surface area contributed by atoms with Crippen molar-refractivity contribution < 1.29 is 22.7 Å². The Bertz CT molecular complexity index is 781. The number of rotatable bonds is 4. The fraction of sp³-hybridized carbons (Fsp3) is 0.529. The smallest absolute Gasteiger partial charge is 0.243 e. The molecule has 0 spiro atoms. The van der Waals surface area contributed by atoms with E-state index >= 15 is 0 Å². The van der Waals surface area contributed by atoms with Crippen LogP contribution in [-0.2, 0) is 19.6 Å². The lowest BCUT2D eigenvalue weighted by atomic mass is 10.1. The number of ether oxygens (including phenoxy) is 1. The van der Waals surface area contributed by atoms with Gasteiger partial charge in [-0.25, -0.2) is 8.42 Å². The van der Waals surface area contributed by atoms with Crippen molar-refractivity contribution in [3.63, 3.8) is 0 Å². The van der Waals surface area contributed by atoms with Gasteiger partial charge in [-0.1, -0.05) is 0 Å². The normalized spacial score (nSPS) is 20.3. The highest BCUT2D eigenvalue weighted by atomic mass is 32.2. The third-order valence-electron chi connectivity index (χ3n) is 4.88. The standard InChI is InChI=1S/C17H22N2O5S/c1-12-11-14(3-4-15(12)24-2)25(22,23)18-9-7-13(8-10-18)19-16(20)5-6-17(19)21/h3-4,11,13H,5-10H2,1-2H3. The van der Waals surface area contributed by atoms with Gasteiger partial charge in [-0.05, 0) is 43.5 Å². The van der Waals surface area contributed by atoms with Gasteiger partial charge in [0, 0.05) is 32.0 Å². The molecule has 0 aromatic heterocycles. The maximum Gasteiger partial charge on any atom is 0.243 e. The Hall–Kier alpha value is -1.93. The van der Waals surface area contributed by atoms with Crippen LogP contribution in [-0.4, -0.2) is 55.7 Å². The number of imide groups is 1. The van der Waals surface area contributed by atoms with Gasteiger partial charge in [0.1, 0.15) is 5.75 Å². The topological polar surface area (TPSA) is 84.0 Å². The average Bonchev–Trinajstić information content (AvgIpc) is 2.93. The van der Waals surface area contributed by atoms with E-state index in [0.29, 0.717) is 31.7 Å². The Morgan fingerprint density at radius 1 is 1.08 bits per heavy atom. The SMILES string of the molecule is COc1ccc(S(=O)(=O)N2CCC(N3C(=O)CCC3=O)CC2)cc1C. The van der Waals surface area contributed by atoms with Crippen LogP contribution in [0.2, 0.25) is 0 Å². The first kappa shape index (κ1) is 17.9. The Labute approximate surface area is 147 Å². The van der Waals surface area contributed by atoms with Gasteiger partial charge < -0.3 is 4.74 Å². The molecule has 2 aliphatic heterocycles. The largest absolute Gasteiger partial charge is 0.496 e. The molecule has 2 amide bonds. The number of hydrogen-bond acceptors (Lipinski definition) is 5. The van der Waals surface area contributed by atoms with Crippen molar-refractivity contribution in [2.45, 2.75) is 43.5 Å². The van der Waals surface area contributed by atoms with E-state index in [9.17, 15) is 18.0 Å². The number of hydrogen-bond donors (Lipinski definition) is 0. The summed E-state index contributed by atoms with van der Waals surface area (Å²) in [5.74, 6) is 0.359. The second-order valence-corrected chi connectivity index (χ2v) is 8.36. The Balaban J connectivity index is 1.72. The fourth-order valence-electron chi connectivity index (χ4n) is 3.50. The van der Waals surface area contributed by atoms with Crippen LogP contribution in [0.4, 0.5) is 0 Å². The minimum Gasteiger partial charge on any atom is -0.496 e. The summed E-state index contributed by atoms with van der Waals surface area (Å²) in [5.41, 5.74) is 0.756. The van der Waals surface area contributed by atoms with Crippen LogP contribution in [0.5, 0.6) is 5.75 Å². The zero-order valence-electron chi connectivity index (χ0n) is 14.4. The molecule has 8 heteroatoms. The predicted octanol–water partition coefficient (Wildman–Crippen LogP) is 1.31. The Morgan fingerprint density at radius 3 is 2.20 bits per heavy atom. The Morgan fingerprint density at radius 2 is 1.68 bits per heavy atom. The van der Waals surface area contributed by atoms with Gasteiger partial charge in [-0.15, -0.1) is 0 Å². The first-order chi connectivity index (χ1) is 11.8. The molecule has 3 rings (SSSR count). The quantitative estimate of drug-likeness (QED) is 0.750. The molecule has 1 aromatic carbocycles. The summed E-state index contributed by atoms with van der Waals surface area (Å²) in [7, 11) is -2.05. The number of piperidine rings is 1. The van der Waals surface area contributed by atoms with E-state index in [1.54, 1.807) is 32.2 Å². The third-order valence-corrected chi connectivity index (χ3v) is 6.78. The number of sulfonamides is 1. The second-order valence-electron chi connectivity index (χ2n) is 6.42. The van der Waals surface area contributed by atoms with Crippen LogP contribution in [0.1, 0.15) is 31.2 Å². The van der Waals surface area contributed by atoms with Crippen LogP contribution >= 0.6 is 0 Å². The summed E-state index contributed by atoms with van der Waals surface area (Å²) in [6.07, 6.45) is 1.49. The molecule has 136 valence electrons. The summed E-state index contributed by atoms with van der Waals surface area (Å²) in [5, 5.41) is 0. The van der Waals surface area contributed by atoms with E-state index in [1.165, 1.54) is 9.21 Å². The van der Waals surface area contributed by atoms with E-state index in [2.05, 4.69) is 0 Å². The molecule has 0 N–H and O–H groups in total. The van der Waals surface area contributed by atoms with E-state index in [1.807, 2.05) is 0 Å². The first-order valence-electron chi connectivity index (χ1n) is 8.34. The van der Waals surface area contributed by atoms with Crippen molar-refractivity contribution in [1.82, 2.24) is 9.21 Å². The molecule has 2 heterocycles. The van der Waals surface area contributed by atoms with Crippen molar-refractivity contribution >= 4 is 21.8 Å². The van der Waals surface area contributed by atoms with Crippen molar-refractivity contribution in [2.24, 2.45) is 0 Å². The minimum absolute atomic E-state index is 0.142. The summed E-state index contributed by atoms with van der Waals surface area (Å²) in [6, 6.07) is 4.61. The molecule has 0 bridgehead atoms. The van der Waals surface area contributed by atoms with E-state index in [-0.39, 0.29) is 35.6 Å². The number of methoxy groups -OCH3 is 1. The summed E-state index contributed by atoms with van der Waals surface area (Å²) in [6.45, 7) is 2.40. The predicted molar refractivity (Wildman–Crippen MR) is 90.6 cm³/mol. The van der Waals surface area contributed by atoms with Gasteiger partial charge in [-0.2, -0.15) is 4.31 Å². The maximum atomic E-state index is 12.8. The van der Waals surface area contributed by atoms with E-state index < -0.39 is 10.0 Å². The highest BCUT2D eigenvalue weighted by molar-refractivity contribution is 7.89. The number of carbonyl (C=O) groups is 2. The molecule has 0 aliphatic carbocycles. The first-order valence-corrected chi connectivity index (χ1v) is 9.78. The van der Waals surface area contributed by atoms with Crippen LogP contribution < -0.4 is 4.74 Å². The van der Waals surface area contributed by atoms with Gasteiger partial charge >= 0.3 is 0 Å². The van der Waals surface area contributed by atoms with Crippen LogP contribution in [0.25, 0.3) is 0 Å². The number of likely N-dealkylation sites (tertiary alicyclic amines) is 1.